The molecule has 0 atom stereocenters. The van der Waals surface area contributed by atoms with Crippen molar-refractivity contribution < 1.29 is 23.8 Å². The van der Waals surface area contributed by atoms with E-state index < -0.39 is 5.97 Å². The summed E-state index contributed by atoms with van der Waals surface area (Å²) in [6, 6.07) is 9.42. The first kappa shape index (κ1) is 20.5. The number of benzene rings is 2. The summed E-state index contributed by atoms with van der Waals surface area (Å²) in [4.78, 5) is 24.4. The van der Waals surface area contributed by atoms with E-state index in [1.807, 2.05) is 45.0 Å². The monoisotopic (exact) mass is 370 g/mol. The van der Waals surface area contributed by atoms with Crippen molar-refractivity contribution in [3.05, 3.63) is 58.1 Å². The van der Waals surface area contributed by atoms with Crippen LogP contribution in [0.1, 0.15) is 39.0 Å². The number of carbonyl (C=O) groups is 2. The Balaban J connectivity index is 1.91. The normalized spacial score (nSPS) is 10.4. The molecule has 0 radical (unpaired) electrons. The topological polar surface area (TPSA) is 61.8 Å². The highest BCUT2D eigenvalue weighted by molar-refractivity contribution is 6.00. The van der Waals surface area contributed by atoms with E-state index in [0.717, 1.165) is 22.3 Å². The van der Waals surface area contributed by atoms with Gasteiger partial charge in [0, 0.05) is 12.0 Å². The largest absolute Gasteiger partial charge is 0.493 e. The molecule has 0 amide bonds. The van der Waals surface area contributed by atoms with Crippen LogP contribution in [0.5, 0.6) is 11.5 Å². The Bertz CT molecular complexity index is 816. The van der Waals surface area contributed by atoms with E-state index in [-0.39, 0.29) is 18.8 Å². The van der Waals surface area contributed by atoms with Crippen LogP contribution >= 0.6 is 0 Å². The molecule has 2 rings (SSSR count). The van der Waals surface area contributed by atoms with E-state index in [2.05, 4.69) is 0 Å². The third kappa shape index (κ3) is 5.33. The van der Waals surface area contributed by atoms with Gasteiger partial charge in [-0.3, -0.25) is 9.59 Å². The van der Waals surface area contributed by atoms with Gasteiger partial charge in [-0.2, -0.15) is 0 Å². The number of methoxy groups -OCH3 is 2. The predicted molar refractivity (Wildman–Crippen MR) is 104 cm³/mol. The van der Waals surface area contributed by atoms with Gasteiger partial charge in [-0.25, -0.2) is 0 Å². The average Bonchev–Trinajstić information content (AvgIpc) is 2.63. The molecule has 144 valence electrons. The number of aryl methyl sites for hydroxylation is 4. The second-order valence-electron chi connectivity index (χ2n) is 6.55. The van der Waals surface area contributed by atoms with E-state index in [0.29, 0.717) is 23.5 Å². The van der Waals surface area contributed by atoms with Crippen molar-refractivity contribution in [2.45, 2.75) is 33.6 Å². The fraction of sp³-hybridized carbons (Fsp3) is 0.364. The van der Waals surface area contributed by atoms with E-state index in [4.69, 9.17) is 14.2 Å². The van der Waals surface area contributed by atoms with E-state index >= 15 is 0 Å². The lowest BCUT2D eigenvalue weighted by atomic mass is 9.97. The highest BCUT2D eigenvalue weighted by Crippen LogP contribution is 2.28. The Morgan fingerprint density at radius 1 is 0.889 bits per heavy atom. The van der Waals surface area contributed by atoms with Gasteiger partial charge in [-0.1, -0.05) is 23.8 Å². The summed E-state index contributed by atoms with van der Waals surface area (Å²) in [5, 5.41) is 0. The number of hydrogen-bond donors (Lipinski definition) is 0. The predicted octanol–water partition coefficient (Wildman–Crippen LogP) is 3.99. The van der Waals surface area contributed by atoms with E-state index in [1.165, 1.54) is 0 Å². The molecule has 0 bridgehead atoms. The van der Waals surface area contributed by atoms with Crippen molar-refractivity contribution in [1.29, 1.82) is 0 Å². The highest BCUT2D eigenvalue weighted by atomic mass is 16.5. The number of Topliss-reactive ketones (excluding diaryl/α,β-unsaturated/α-hetero) is 1. The lowest BCUT2D eigenvalue weighted by molar-refractivity contribution is -0.142. The summed E-state index contributed by atoms with van der Waals surface area (Å²) in [5.74, 6) is 0.673. The van der Waals surface area contributed by atoms with Crippen molar-refractivity contribution in [1.82, 2.24) is 0 Å². The van der Waals surface area contributed by atoms with E-state index in [1.54, 1.807) is 20.3 Å². The summed E-state index contributed by atoms with van der Waals surface area (Å²) >= 11 is 0. The molecule has 5 nitrogen and oxygen atoms in total. The molecule has 0 aliphatic heterocycles. The van der Waals surface area contributed by atoms with Crippen LogP contribution < -0.4 is 9.47 Å². The van der Waals surface area contributed by atoms with Crippen LogP contribution in [-0.4, -0.2) is 32.6 Å². The van der Waals surface area contributed by atoms with Gasteiger partial charge in [-0.05, 0) is 56.0 Å². The molecule has 27 heavy (non-hydrogen) atoms. The van der Waals surface area contributed by atoms with Gasteiger partial charge < -0.3 is 14.2 Å². The lowest BCUT2D eigenvalue weighted by Gasteiger charge is -2.11. The van der Waals surface area contributed by atoms with Gasteiger partial charge >= 0.3 is 5.97 Å². The zero-order valence-corrected chi connectivity index (χ0v) is 16.5. The number of esters is 1. The Hall–Kier alpha value is -2.82. The molecular weight excluding hydrogens is 344 g/mol. The summed E-state index contributed by atoms with van der Waals surface area (Å²) < 4.78 is 15.6. The SMILES string of the molecule is COc1ccc(CCC(=O)OCC(=O)c2c(C)cc(C)cc2C)cc1OC. The quantitative estimate of drug-likeness (QED) is 0.519. The summed E-state index contributed by atoms with van der Waals surface area (Å²) in [7, 11) is 3.14. The van der Waals surface area contributed by atoms with Crippen molar-refractivity contribution in [3.63, 3.8) is 0 Å². The van der Waals surface area contributed by atoms with Crippen molar-refractivity contribution in [2.75, 3.05) is 20.8 Å². The van der Waals surface area contributed by atoms with Gasteiger partial charge in [0.25, 0.3) is 0 Å². The van der Waals surface area contributed by atoms with Gasteiger partial charge in [-0.15, -0.1) is 0 Å². The van der Waals surface area contributed by atoms with Crippen LogP contribution in [0.4, 0.5) is 0 Å². The maximum Gasteiger partial charge on any atom is 0.306 e. The zero-order chi connectivity index (χ0) is 20.0. The standard InChI is InChI=1S/C22H26O5/c1-14-10-15(2)22(16(3)11-14)18(23)13-27-21(24)9-7-17-6-8-19(25-4)20(12-17)26-5/h6,8,10-12H,7,9,13H2,1-5H3. The average molecular weight is 370 g/mol. The third-order valence-electron chi connectivity index (χ3n) is 4.39. The molecule has 0 saturated carbocycles. The summed E-state index contributed by atoms with van der Waals surface area (Å²) in [6.07, 6.45) is 0.685. The molecule has 0 aliphatic carbocycles. The highest BCUT2D eigenvalue weighted by Gasteiger charge is 2.15. The summed E-state index contributed by atoms with van der Waals surface area (Å²) in [6.45, 7) is 5.54. The molecule has 0 fully saturated rings. The van der Waals surface area contributed by atoms with Crippen LogP contribution in [0.25, 0.3) is 0 Å². The Morgan fingerprint density at radius 3 is 2.11 bits per heavy atom. The molecule has 0 aromatic heterocycles. The molecule has 0 heterocycles. The number of ether oxygens (including phenoxy) is 3. The molecular formula is C22H26O5. The lowest BCUT2D eigenvalue weighted by Crippen LogP contribution is -2.16. The van der Waals surface area contributed by atoms with Gasteiger partial charge in [0.2, 0.25) is 5.78 Å². The minimum atomic E-state index is -0.402. The minimum Gasteiger partial charge on any atom is -0.493 e. The number of rotatable bonds is 8. The van der Waals surface area contributed by atoms with Gasteiger partial charge in [0.05, 0.1) is 14.2 Å². The fourth-order valence-corrected chi connectivity index (χ4v) is 3.19. The first-order valence-electron chi connectivity index (χ1n) is 8.83. The zero-order valence-electron chi connectivity index (χ0n) is 16.5. The van der Waals surface area contributed by atoms with E-state index in [9.17, 15) is 9.59 Å². The second-order valence-corrected chi connectivity index (χ2v) is 6.55. The van der Waals surface area contributed by atoms with Crippen LogP contribution in [-0.2, 0) is 16.0 Å². The first-order chi connectivity index (χ1) is 12.8. The van der Waals surface area contributed by atoms with Gasteiger partial charge in [0.15, 0.2) is 18.1 Å². The second kappa shape index (κ2) is 9.21. The molecule has 0 N–H and O–H groups in total. The molecule has 0 unspecified atom stereocenters. The Morgan fingerprint density at radius 2 is 1.52 bits per heavy atom. The van der Waals surface area contributed by atoms with Crippen LogP contribution in [0.3, 0.4) is 0 Å². The third-order valence-corrected chi connectivity index (χ3v) is 4.39. The van der Waals surface area contributed by atoms with Crippen LogP contribution in [0.15, 0.2) is 30.3 Å². The van der Waals surface area contributed by atoms with Crippen LogP contribution in [0, 0.1) is 20.8 Å². The Kier molecular flexibility index (Phi) is 6.99. The van der Waals surface area contributed by atoms with Crippen LogP contribution in [0.2, 0.25) is 0 Å². The number of carbonyl (C=O) groups excluding carboxylic acids is 2. The van der Waals surface area contributed by atoms with Crippen molar-refractivity contribution >= 4 is 11.8 Å². The smallest absolute Gasteiger partial charge is 0.306 e. The fourth-order valence-electron chi connectivity index (χ4n) is 3.19. The minimum absolute atomic E-state index is 0.176. The molecule has 0 saturated heterocycles. The van der Waals surface area contributed by atoms with Crippen molar-refractivity contribution in [2.24, 2.45) is 0 Å². The molecule has 0 aliphatic rings. The number of hydrogen-bond acceptors (Lipinski definition) is 5. The maximum atomic E-state index is 12.4. The molecule has 0 spiro atoms. The number of ketones is 1. The Labute approximate surface area is 160 Å². The maximum absolute atomic E-state index is 12.4. The first-order valence-corrected chi connectivity index (χ1v) is 8.83. The summed E-state index contributed by atoms with van der Waals surface area (Å²) in [5.41, 5.74) is 4.47. The van der Waals surface area contributed by atoms with Crippen molar-refractivity contribution in [3.8, 4) is 11.5 Å². The molecule has 2 aromatic rings. The molecule has 5 heteroatoms. The molecule has 2 aromatic carbocycles. The van der Waals surface area contributed by atoms with Gasteiger partial charge in [0.1, 0.15) is 0 Å².